The first-order chi connectivity index (χ1) is 11.6. The van der Waals surface area contributed by atoms with E-state index in [-0.39, 0.29) is 5.97 Å². The van der Waals surface area contributed by atoms with Gasteiger partial charge in [0, 0.05) is 38.6 Å². The Bertz CT molecular complexity index is 518. The van der Waals surface area contributed by atoms with Gasteiger partial charge in [-0.1, -0.05) is 36.6 Å². The summed E-state index contributed by atoms with van der Waals surface area (Å²) >= 11 is 5.91. The molecule has 0 atom stereocenters. The van der Waals surface area contributed by atoms with Gasteiger partial charge in [0.15, 0.2) is 5.96 Å². The first kappa shape index (κ1) is 20.3. The summed E-state index contributed by atoms with van der Waals surface area (Å²) in [4.78, 5) is 17.4. The molecule has 1 rings (SSSR count). The maximum atomic E-state index is 11.0. The molecule has 1 aromatic carbocycles. The second-order valence-electron chi connectivity index (χ2n) is 5.70. The van der Waals surface area contributed by atoms with Crippen LogP contribution >= 0.6 is 11.6 Å². The highest BCUT2D eigenvalue weighted by molar-refractivity contribution is 6.30. The van der Waals surface area contributed by atoms with Gasteiger partial charge in [0.1, 0.15) is 0 Å². The van der Waals surface area contributed by atoms with Crippen molar-refractivity contribution in [3.63, 3.8) is 0 Å². The molecule has 5 nitrogen and oxygen atoms in total. The Labute approximate surface area is 150 Å². The number of carbonyl (C=O) groups is 1. The Morgan fingerprint density at radius 3 is 2.50 bits per heavy atom. The molecule has 0 bridgehead atoms. The maximum Gasteiger partial charge on any atom is 0.305 e. The van der Waals surface area contributed by atoms with E-state index in [0.717, 1.165) is 49.8 Å². The number of carbonyl (C=O) groups excluding carboxylic acids is 1. The predicted octanol–water partition coefficient (Wildman–Crippen LogP) is 3.47. The van der Waals surface area contributed by atoms with Gasteiger partial charge in [-0.3, -0.25) is 9.79 Å². The SMILES string of the molecule is CN=C(NCCCCCCC(=O)OC)N(C)Cc1ccc(Cl)cc1. The Morgan fingerprint density at radius 1 is 1.21 bits per heavy atom. The molecule has 0 aliphatic heterocycles. The van der Waals surface area contributed by atoms with Gasteiger partial charge < -0.3 is 15.0 Å². The van der Waals surface area contributed by atoms with Crippen LogP contribution in [-0.4, -0.2) is 44.6 Å². The maximum absolute atomic E-state index is 11.0. The van der Waals surface area contributed by atoms with Gasteiger partial charge in [-0.25, -0.2) is 0 Å². The fourth-order valence-electron chi connectivity index (χ4n) is 2.37. The largest absolute Gasteiger partial charge is 0.469 e. The lowest BCUT2D eigenvalue weighted by Crippen LogP contribution is -2.38. The quantitative estimate of drug-likeness (QED) is 0.319. The number of rotatable bonds is 9. The highest BCUT2D eigenvalue weighted by Crippen LogP contribution is 2.11. The molecule has 134 valence electrons. The summed E-state index contributed by atoms with van der Waals surface area (Å²) < 4.78 is 4.63. The summed E-state index contributed by atoms with van der Waals surface area (Å²) in [7, 11) is 5.23. The molecule has 24 heavy (non-hydrogen) atoms. The third-order valence-electron chi connectivity index (χ3n) is 3.72. The van der Waals surface area contributed by atoms with Crippen molar-refractivity contribution >= 4 is 23.5 Å². The minimum Gasteiger partial charge on any atom is -0.469 e. The number of hydrogen-bond donors (Lipinski definition) is 1. The van der Waals surface area contributed by atoms with Gasteiger partial charge >= 0.3 is 5.97 Å². The van der Waals surface area contributed by atoms with E-state index in [9.17, 15) is 4.79 Å². The number of guanidine groups is 1. The van der Waals surface area contributed by atoms with E-state index < -0.39 is 0 Å². The Morgan fingerprint density at radius 2 is 1.88 bits per heavy atom. The summed E-state index contributed by atoms with van der Waals surface area (Å²) in [5.41, 5.74) is 1.19. The Kier molecular flexibility index (Phi) is 9.92. The summed E-state index contributed by atoms with van der Waals surface area (Å²) in [5, 5.41) is 4.12. The van der Waals surface area contributed by atoms with Gasteiger partial charge in [0.25, 0.3) is 0 Å². The number of esters is 1. The number of aliphatic imine (C=N–C) groups is 1. The summed E-state index contributed by atoms with van der Waals surface area (Å²) in [5.74, 6) is 0.747. The predicted molar refractivity (Wildman–Crippen MR) is 99.4 cm³/mol. The number of benzene rings is 1. The van der Waals surface area contributed by atoms with Gasteiger partial charge in [0.05, 0.1) is 7.11 Å². The first-order valence-corrected chi connectivity index (χ1v) is 8.67. The number of nitrogens with zero attached hydrogens (tertiary/aromatic N) is 2. The molecule has 0 aliphatic rings. The fraction of sp³-hybridized carbons (Fsp3) is 0.556. The molecule has 0 amide bonds. The van der Waals surface area contributed by atoms with Crippen LogP contribution in [0.4, 0.5) is 0 Å². The van der Waals surface area contributed by atoms with Crippen molar-refractivity contribution in [1.29, 1.82) is 0 Å². The number of nitrogens with one attached hydrogen (secondary N) is 1. The molecule has 0 saturated carbocycles. The molecule has 0 aliphatic carbocycles. The van der Waals surface area contributed by atoms with Crippen LogP contribution < -0.4 is 5.32 Å². The molecule has 0 saturated heterocycles. The van der Waals surface area contributed by atoms with Crippen LogP contribution in [0.3, 0.4) is 0 Å². The standard InChI is InChI=1S/C18H28ClN3O2/c1-20-18(21-13-7-5-4-6-8-17(23)24-3)22(2)14-15-9-11-16(19)12-10-15/h9-12H,4-8,13-14H2,1-3H3,(H,20,21). The fourth-order valence-corrected chi connectivity index (χ4v) is 2.50. The summed E-state index contributed by atoms with van der Waals surface area (Å²) in [6, 6.07) is 7.84. The van der Waals surface area contributed by atoms with E-state index in [1.165, 1.54) is 12.7 Å². The molecule has 0 spiro atoms. The zero-order valence-corrected chi connectivity index (χ0v) is 15.6. The molecule has 0 aromatic heterocycles. The van der Waals surface area contributed by atoms with Crippen molar-refractivity contribution in [2.24, 2.45) is 4.99 Å². The van der Waals surface area contributed by atoms with Gasteiger partial charge in [0.2, 0.25) is 0 Å². The molecular formula is C18H28ClN3O2. The Hall–Kier alpha value is -1.75. The molecule has 0 unspecified atom stereocenters. The molecule has 0 radical (unpaired) electrons. The third-order valence-corrected chi connectivity index (χ3v) is 3.98. The number of halogens is 1. The normalized spacial score (nSPS) is 11.2. The minimum absolute atomic E-state index is 0.127. The topological polar surface area (TPSA) is 53.9 Å². The van der Waals surface area contributed by atoms with E-state index in [1.807, 2.05) is 31.3 Å². The van der Waals surface area contributed by atoms with E-state index in [4.69, 9.17) is 11.6 Å². The van der Waals surface area contributed by atoms with Gasteiger partial charge in [-0.15, -0.1) is 0 Å². The average Bonchev–Trinajstić information content (AvgIpc) is 2.59. The van der Waals surface area contributed by atoms with Crippen LogP contribution in [-0.2, 0) is 16.1 Å². The zero-order valence-electron chi connectivity index (χ0n) is 14.8. The van der Waals surface area contributed by atoms with Crippen LogP contribution in [0.25, 0.3) is 0 Å². The summed E-state index contributed by atoms with van der Waals surface area (Å²) in [6.07, 6.45) is 4.57. The lowest BCUT2D eigenvalue weighted by molar-refractivity contribution is -0.140. The van der Waals surface area contributed by atoms with Crippen molar-refractivity contribution in [1.82, 2.24) is 10.2 Å². The average molecular weight is 354 g/mol. The molecule has 0 fully saturated rings. The molecule has 6 heteroatoms. The van der Waals surface area contributed by atoms with Gasteiger partial charge in [-0.05, 0) is 30.5 Å². The monoisotopic (exact) mass is 353 g/mol. The van der Waals surface area contributed by atoms with E-state index in [1.54, 1.807) is 7.05 Å². The van der Waals surface area contributed by atoms with Crippen molar-refractivity contribution < 1.29 is 9.53 Å². The van der Waals surface area contributed by atoms with Crippen LogP contribution in [0.2, 0.25) is 5.02 Å². The highest BCUT2D eigenvalue weighted by Gasteiger charge is 2.06. The molecule has 1 N–H and O–H groups in total. The van der Waals surface area contributed by atoms with Crippen LogP contribution in [0, 0.1) is 0 Å². The van der Waals surface area contributed by atoms with Crippen molar-refractivity contribution in [3.8, 4) is 0 Å². The highest BCUT2D eigenvalue weighted by atomic mass is 35.5. The van der Waals surface area contributed by atoms with E-state index in [0.29, 0.717) is 6.42 Å². The minimum atomic E-state index is -0.127. The lowest BCUT2D eigenvalue weighted by atomic mass is 10.1. The van der Waals surface area contributed by atoms with Crippen molar-refractivity contribution in [2.45, 2.75) is 38.6 Å². The molecular weight excluding hydrogens is 326 g/mol. The molecule has 0 heterocycles. The number of unbranched alkanes of at least 4 members (excludes halogenated alkanes) is 3. The smallest absolute Gasteiger partial charge is 0.305 e. The van der Waals surface area contributed by atoms with Crippen molar-refractivity contribution in [2.75, 3.05) is 27.7 Å². The molecule has 1 aromatic rings. The number of ether oxygens (including phenoxy) is 1. The van der Waals surface area contributed by atoms with Crippen LogP contribution in [0.15, 0.2) is 29.3 Å². The first-order valence-electron chi connectivity index (χ1n) is 8.30. The zero-order chi connectivity index (χ0) is 17.8. The third kappa shape index (κ3) is 8.20. The Balaban J connectivity index is 2.22. The van der Waals surface area contributed by atoms with Crippen molar-refractivity contribution in [3.05, 3.63) is 34.9 Å². The lowest BCUT2D eigenvalue weighted by Gasteiger charge is -2.22. The number of hydrogen-bond acceptors (Lipinski definition) is 3. The van der Waals surface area contributed by atoms with Crippen LogP contribution in [0.1, 0.15) is 37.7 Å². The second-order valence-corrected chi connectivity index (χ2v) is 6.13. The number of methoxy groups -OCH3 is 1. The second kappa shape index (κ2) is 11.7. The van der Waals surface area contributed by atoms with Gasteiger partial charge in [-0.2, -0.15) is 0 Å². The van der Waals surface area contributed by atoms with Crippen LogP contribution in [0.5, 0.6) is 0 Å². The summed E-state index contributed by atoms with van der Waals surface area (Å²) in [6.45, 7) is 1.64. The van der Waals surface area contributed by atoms with E-state index >= 15 is 0 Å². The van der Waals surface area contributed by atoms with E-state index in [2.05, 4.69) is 19.9 Å².